The maximum Gasteiger partial charge on any atom is 0.433 e. The van der Waals surface area contributed by atoms with Gasteiger partial charge in [-0.05, 0) is 100 Å². The van der Waals surface area contributed by atoms with Gasteiger partial charge < -0.3 is 20.3 Å². The number of piperidine rings is 2. The molecule has 0 spiro atoms. The molecule has 17 heteroatoms. The molecule has 1 saturated carbocycles. The molecule has 0 radical (unpaired) electrons. The monoisotopic (exact) mass is 800 g/mol. The van der Waals surface area contributed by atoms with E-state index < -0.39 is 47.4 Å². The van der Waals surface area contributed by atoms with E-state index in [2.05, 4.69) is 25.8 Å². The van der Waals surface area contributed by atoms with E-state index in [-0.39, 0.29) is 35.7 Å². The van der Waals surface area contributed by atoms with Crippen molar-refractivity contribution in [1.82, 2.24) is 29.9 Å². The molecule has 58 heavy (non-hydrogen) atoms. The van der Waals surface area contributed by atoms with Crippen LogP contribution in [0.3, 0.4) is 0 Å². The molecule has 3 aliphatic heterocycles. The number of carbonyl (C=O) groups is 5. The molecule has 1 unspecified atom stereocenters. The Morgan fingerprint density at radius 2 is 1.67 bits per heavy atom. The summed E-state index contributed by atoms with van der Waals surface area (Å²) in [6.45, 7) is 3.61. The van der Waals surface area contributed by atoms with Gasteiger partial charge in [-0.25, -0.2) is 4.98 Å². The van der Waals surface area contributed by atoms with Gasteiger partial charge in [-0.1, -0.05) is 12.1 Å². The van der Waals surface area contributed by atoms with Crippen LogP contribution in [-0.2, 0) is 15.8 Å². The highest BCUT2D eigenvalue weighted by Gasteiger charge is 2.45. The number of alkyl halides is 3. The molecule has 5 heterocycles. The van der Waals surface area contributed by atoms with Crippen molar-refractivity contribution in [3.63, 3.8) is 0 Å². The van der Waals surface area contributed by atoms with Crippen LogP contribution in [-0.4, -0.2) is 93.4 Å². The van der Waals surface area contributed by atoms with Crippen molar-refractivity contribution in [2.45, 2.75) is 69.6 Å². The third-order valence-electron chi connectivity index (χ3n) is 11.8. The highest BCUT2D eigenvalue weighted by atomic mass is 19.4. The Labute approximate surface area is 331 Å². The summed E-state index contributed by atoms with van der Waals surface area (Å²) in [7, 11) is 1.45. The lowest BCUT2D eigenvalue weighted by molar-refractivity contribution is -0.141. The number of fused-ring (bicyclic) bond motifs is 2. The Hall–Kier alpha value is -5.84. The molecular formula is C41H43F3N8O6. The number of amides is 5. The fraction of sp³-hybridized carbons (Fsp3) is 0.439. The molecular weight excluding hydrogens is 757 g/mol. The van der Waals surface area contributed by atoms with Crippen LogP contribution in [0.1, 0.15) is 94.3 Å². The zero-order chi connectivity index (χ0) is 40.7. The highest BCUT2D eigenvalue weighted by molar-refractivity contribution is 6.25. The lowest BCUT2D eigenvalue weighted by Crippen LogP contribution is -2.54. The van der Waals surface area contributed by atoms with Crippen LogP contribution in [0.2, 0.25) is 0 Å². The van der Waals surface area contributed by atoms with Crippen molar-refractivity contribution in [3.8, 4) is 5.75 Å². The molecule has 2 aromatic carbocycles. The molecule has 1 atom stereocenters. The Kier molecular flexibility index (Phi) is 10.6. The van der Waals surface area contributed by atoms with Crippen molar-refractivity contribution < 1.29 is 41.9 Å². The maximum atomic E-state index is 13.5. The van der Waals surface area contributed by atoms with Crippen molar-refractivity contribution >= 4 is 51.8 Å². The van der Waals surface area contributed by atoms with E-state index in [1.165, 1.54) is 13.2 Å². The summed E-state index contributed by atoms with van der Waals surface area (Å²) in [5, 5.41) is 13.9. The van der Waals surface area contributed by atoms with E-state index in [0.29, 0.717) is 41.0 Å². The number of likely N-dealkylation sites (tertiary alicyclic amines) is 1. The second-order valence-electron chi connectivity index (χ2n) is 15.6. The summed E-state index contributed by atoms with van der Waals surface area (Å²) in [6, 6.07) is 10.9. The molecule has 4 aromatic rings. The van der Waals surface area contributed by atoms with Gasteiger partial charge in [0.25, 0.3) is 17.7 Å². The lowest BCUT2D eigenvalue weighted by atomic mass is 9.85. The minimum Gasteiger partial charge on any atom is -0.494 e. The van der Waals surface area contributed by atoms with Gasteiger partial charge in [0.05, 0.1) is 35.5 Å². The van der Waals surface area contributed by atoms with E-state index in [9.17, 15) is 37.1 Å². The number of hydrogen-bond donors (Lipinski definition) is 3. The van der Waals surface area contributed by atoms with E-state index in [0.717, 1.165) is 80.6 Å². The summed E-state index contributed by atoms with van der Waals surface area (Å²) in [5.41, 5.74) is 0.581. The highest BCUT2D eigenvalue weighted by Crippen LogP contribution is 2.37. The smallest absolute Gasteiger partial charge is 0.433 e. The Bertz CT molecular complexity index is 2280. The SMILES string of the molecule is COc1cc2nn(C3CCC(CN4CCC(CNc5cccc6c5C(=O)N(C5CCC(=O)NC5=O)C6=O)CC4)CC3)cc2cc1NC(=O)c1cccc(C(F)(F)F)n1. The van der Waals surface area contributed by atoms with Gasteiger partial charge in [0.15, 0.2) is 0 Å². The van der Waals surface area contributed by atoms with Crippen molar-refractivity contribution in [1.29, 1.82) is 0 Å². The van der Waals surface area contributed by atoms with Gasteiger partial charge in [-0.15, -0.1) is 0 Å². The predicted molar refractivity (Wildman–Crippen MR) is 205 cm³/mol. The number of benzene rings is 2. The zero-order valence-electron chi connectivity index (χ0n) is 31.8. The number of rotatable bonds is 10. The largest absolute Gasteiger partial charge is 0.494 e. The number of nitrogens with one attached hydrogen (secondary N) is 3. The molecule has 3 fully saturated rings. The number of anilines is 2. The second-order valence-corrected chi connectivity index (χ2v) is 15.6. The summed E-state index contributed by atoms with van der Waals surface area (Å²) < 4.78 is 46.9. The van der Waals surface area contributed by atoms with Crippen LogP contribution in [0, 0.1) is 11.8 Å². The van der Waals surface area contributed by atoms with Crippen LogP contribution in [0.4, 0.5) is 24.5 Å². The van der Waals surface area contributed by atoms with Crippen molar-refractivity contribution in [2.75, 3.05) is 43.9 Å². The number of halogens is 3. The first kappa shape index (κ1) is 39.0. The maximum absolute atomic E-state index is 13.5. The second kappa shape index (κ2) is 15.8. The average molecular weight is 801 g/mol. The molecule has 1 aliphatic carbocycles. The fourth-order valence-corrected chi connectivity index (χ4v) is 8.68. The normalized spacial score (nSPS) is 21.9. The Morgan fingerprint density at radius 3 is 2.40 bits per heavy atom. The van der Waals surface area contributed by atoms with E-state index in [1.807, 2.05) is 10.9 Å². The first-order valence-corrected chi connectivity index (χ1v) is 19.6. The molecule has 0 bridgehead atoms. The van der Waals surface area contributed by atoms with Crippen LogP contribution >= 0.6 is 0 Å². The Morgan fingerprint density at radius 1 is 0.914 bits per heavy atom. The number of ether oxygens (including phenoxy) is 1. The van der Waals surface area contributed by atoms with Gasteiger partial charge >= 0.3 is 6.18 Å². The zero-order valence-corrected chi connectivity index (χ0v) is 31.8. The topological polar surface area (TPSA) is 168 Å². The molecule has 304 valence electrons. The third-order valence-corrected chi connectivity index (χ3v) is 11.8. The van der Waals surface area contributed by atoms with Crippen molar-refractivity contribution in [2.24, 2.45) is 11.8 Å². The molecule has 4 aliphatic rings. The number of carbonyl (C=O) groups excluding carboxylic acids is 5. The molecule has 2 saturated heterocycles. The van der Waals surface area contributed by atoms with Gasteiger partial charge in [0.2, 0.25) is 11.8 Å². The minimum atomic E-state index is -4.67. The first-order valence-electron chi connectivity index (χ1n) is 19.6. The van der Waals surface area contributed by atoms with Crippen LogP contribution < -0.4 is 20.7 Å². The van der Waals surface area contributed by atoms with Crippen LogP contribution in [0.25, 0.3) is 10.9 Å². The molecule has 3 N–H and O–H groups in total. The quantitative estimate of drug-likeness (QED) is 0.170. The summed E-state index contributed by atoms with van der Waals surface area (Å²) >= 11 is 0. The van der Waals surface area contributed by atoms with E-state index in [4.69, 9.17) is 9.84 Å². The number of aromatic nitrogens is 3. The molecule has 5 amide bonds. The van der Waals surface area contributed by atoms with E-state index >= 15 is 0 Å². The predicted octanol–water partition coefficient (Wildman–Crippen LogP) is 5.67. The van der Waals surface area contributed by atoms with Gasteiger partial charge in [-0.3, -0.25) is 38.9 Å². The van der Waals surface area contributed by atoms with Gasteiger partial charge in [0, 0.05) is 42.8 Å². The molecule has 14 nitrogen and oxygen atoms in total. The van der Waals surface area contributed by atoms with Gasteiger partial charge in [0.1, 0.15) is 23.2 Å². The first-order chi connectivity index (χ1) is 27.9. The van der Waals surface area contributed by atoms with Crippen molar-refractivity contribution in [3.05, 3.63) is 77.2 Å². The number of imide groups is 2. The molecule has 8 rings (SSSR count). The average Bonchev–Trinajstić information content (AvgIpc) is 3.74. The summed E-state index contributed by atoms with van der Waals surface area (Å²) in [4.78, 5) is 70.7. The number of pyridine rings is 1. The van der Waals surface area contributed by atoms with E-state index in [1.54, 1.807) is 30.3 Å². The standard InChI is InChI=1S/C41H43F3N8O6/c1-58-33-19-30-25(18-31(33)47-37(54)29-6-3-7-34(46-29)41(42,43)44)22-51(49-30)26-10-8-24(9-11-26)21-50-16-14-23(15-17-50)20-45-28-5-2-4-27-36(28)40(57)52(39(27)56)32-12-13-35(53)48-38(32)55/h2-7,18-19,22-24,26,32,45H,8-17,20-21H2,1H3,(H,47,54)(H,48,53,55). The lowest BCUT2D eigenvalue weighted by Gasteiger charge is -2.36. The minimum absolute atomic E-state index is 0.0699. The van der Waals surface area contributed by atoms with Crippen LogP contribution in [0.5, 0.6) is 5.75 Å². The summed E-state index contributed by atoms with van der Waals surface area (Å²) in [6.07, 6.45) is 3.46. The van der Waals surface area contributed by atoms with Gasteiger partial charge in [-0.2, -0.15) is 18.3 Å². The molecule has 2 aromatic heterocycles. The fourth-order valence-electron chi connectivity index (χ4n) is 8.68. The van der Waals surface area contributed by atoms with Crippen LogP contribution in [0.15, 0.2) is 54.7 Å². The number of hydrogen-bond acceptors (Lipinski definition) is 10. The number of nitrogens with zero attached hydrogens (tertiary/aromatic N) is 5. The third kappa shape index (κ3) is 7.86. The Balaban J connectivity index is 0.813. The number of methoxy groups -OCH3 is 1. The summed E-state index contributed by atoms with van der Waals surface area (Å²) in [5.74, 6) is -1.59.